The molecule has 1 aromatic heterocycles. The number of aromatic hydroxyl groups is 1. The zero-order valence-corrected chi connectivity index (χ0v) is 18.5. The second kappa shape index (κ2) is 8.74. The summed E-state index contributed by atoms with van der Waals surface area (Å²) >= 11 is 0. The molecule has 34 heavy (non-hydrogen) atoms. The highest BCUT2D eigenvalue weighted by atomic mass is 19.1. The molecule has 0 radical (unpaired) electrons. The van der Waals surface area contributed by atoms with Gasteiger partial charge in [-0.25, -0.2) is 9.87 Å². The monoisotopic (exact) mass is 458 g/mol. The fraction of sp³-hybridized carbons (Fsp3) is 0.154. The van der Waals surface area contributed by atoms with E-state index >= 15 is 0 Å². The maximum absolute atomic E-state index is 14.9. The van der Waals surface area contributed by atoms with Crippen molar-refractivity contribution in [1.29, 1.82) is 0 Å². The number of hydrogen-bond acceptors (Lipinski definition) is 5. The molecule has 0 bridgehead atoms. The quantitative estimate of drug-likeness (QED) is 0.308. The number of phenolic OH excluding ortho intramolecular Hbond substituents is 1. The normalized spacial score (nSPS) is 13.1. The summed E-state index contributed by atoms with van der Waals surface area (Å²) in [6.45, 7) is 1.40. The van der Waals surface area contributed by atoms with E-state index in [1.165, 1.54) is 6.07 Å². The van der Waals surface area contributed by atoms with Crippen LogP contribution < -0.4 is 5.48 Å². The summed E-state index contributed by atoms with van der Waals surface area (Å²) in [5.74, 6) is -0.980. The number of amides is 1. The number of benzene rings is 3. The number of hydroxylamine groups is 1. The molecule has 0 spiro atoms. The second-order valence-corrected chi connectivity index (χ2v) is 8.37. The molecular weight excluding hydrogens is 435 g/mol. The molecule has 5 rings (SSSR count). The second-order valence-electron chi connectivity index (χ2n) is 8.37. The van der Waals surface area contributed by atoms with E-state index in [2.05, 4.69) is 4.90 Å². The van der Waals surface area contributed by atoms with Gasteiger partial charge in [-0.3, -0.25) is 19.6 Å². The average Bonchev–Trinajstić information content (AvgIpc) is 3.35. The van der Waals surface area contributed by atoms with Crippen LogP contribution in [0.1, 0.15) is 27.2 Å². The van der Waals surface area contributed by atoms with Gasteiger partial charge in [0.05, 0.1) is 17.9 Å². The molecule has 3 N–H and O–H groups in total. The Morgan fingerprint density at radius 1 is 1.00 bits per heavy atom. The lowest BCUT2D eigenvalue weighted by Gasteiger charge is -2.18. The lowest BCUT2D eigenvalue weighted by molar-refractivity contribution is 0.0705. The molecule has 0 saturated heterocycles. The number of hydrogen-bond donors (Lipinski definition) is 3. The first-order chi connectivity index (χ1) is 16.5. The molecule has 0 saturated carbocycles. The number of carbonyl (C=O) groups is 1. The van der Waals surface area contributed by atoms with Gasteiger partial charge in [0.2, 0.25) is 0 Å². The number of rotatable bonds is 5. The molecule has 8 heteroatoms. The molecule has 7 nitrogen and oxygen atoms in total. The van der Waals surface area contributed by atoms with Crippen LogP contribution in [0.4, 0.5) is 4.39 Å². The van der Waals surface area contributed by atoms with Crippen LogP contribution in [0.2, 0.25) is 0 Å². The Balaban J connectivity index is 1.72. The minimum absolute atomic E-state index is 0.0595. The average molecular weight is 458 g/mol. The number of aromatic nitrogens is 2. The van der Waals surface area contributed by atoms with Crippen LogP contribution in [-0.4, -0.2) is 37.9 Å². The van der Waals surface area contributed by atoms with Gasteiger partial charge in [-0.05, 0) is 42.4 Å². The fourth-order valence-electron chi connectivity index (χ4n) is 4.63. The van der Waals surface area contributed by atoms with E-state index in [1.807, 2.05) is 7.05 Å². The van der Waals surface area contributed by atoms with Gasteiger partial charge in [0.15, 0.2) is 0 Å². The summed E-state index contributed by atoms with van der Waals surface area (Å²) in [5.41, 5.74) is 6.52. The van der Waals surface area contributed by atoms with Crippen molar-refractivity contribution in [2.75, 3.05) is 7.05 Å². The number of para-hydroxylation sites is 1. The van der Waals surface area contributed by atoms with Crippen LogP contribution in [-0.2, 0) is 19.6 Å². The third-order valence-electron chi connectivity index (χ3n) is 6.13. The minimum atomic E-state index is -0.681. The van der Waals surface area contributed by atoms with Crippen LogP contribution >= 0.6 is 0 Å². The summed E-state index contributed by atoms with van der Waals surface area (Å²) in [6, 6.07) is 18.5. The third kappa shape index (κ3) is 3.72. The van der Waals surface area contributed by atoms with Crippen molar-refractivity contribution in [2.24, 2.45) is 0 Å². The van der Waals surface area contributed by atoms with Gasteiger partial charge in [0.25, 0.3) is 5.91 Å². The molecule has 0 atom stereocenters. The maximum Gasteiger partial charge on any atom is 0.275 e. The van der Waals surface area contributed by atoms with E-state index in [0.29, 0.717) is 41.0 Å². The smallest absolute Gasteiger partial charge is 0.275 e. The summed E-state index contributed by atoms with van der Waals surface area (Å²) in [5, 5.41) is 24.7. The van der Waals surface area contributed by atoms with Gasteiger partial charge in [0.1, 0.15) is 11.6 Å². The fourth-order valence-corrected chi connectivity index (χ4v) is 4.63. The Bertz CT molecular complexity index is 1400. The topological polar surface area (TPSA) is 90.6 Å². The summed E-state index contributed by atoms with van der Waals surface area (Å²) in [4.78, 5) is 14.7. The molecule has 0 aliphatic carbocycles. The number of halogens is 1. The van der Waals surface area contributed by atoms with Crippen molar-refractivity contribution in [3.05, 3.63) is 94.9 Å². The first kappa shape index (κ1) is 21.8. The minimum Gasteiger partial charge on any atom is -0.507 e. The Morgan fingerprint density at radius 2 is 1.71 bits per heavy atom. The molecule has 2 heterocycles. The van der Waals surface area contributed by atoms with Crippen LogP contribution in [0.25, 0.3) is 22.4 Å². The van der Waals surface area contributed by atoms with E-state index in [-0.39, 0.29) is 23.7 Å². The van der Waals surface area contributed by atoms with E-state index in [4.69, 9.17) is 5.10 Å². The Hall–Kier alpha value is -4.01. The standard InChI is InChI=1S/C26H23FN4O3/c1-30-13-21-23(15-30)28-31(25(21)19-8-2-4-11-22(19)27)14-20-16(17-7-3-5-12-24(17)32)9-6-10-18(20)26(33)29-34/h2-12,32,34H,13-15H2,1H3,(H,29,33). The Kier molecular flexibility index (Phi) is 5.61. The molecule has 172 valence electrons. The van der Waals surface area contributed by atoms with Crippen LogP contribution in [0.15, 0.2) is 66.7 Å². The number of nitrogens with one attached hydrogen (secondary N) is 1. The van der Waals surface area contributed by atoms with Gasteiger partial charge in [-0.1, -0.05) is 42.5 Å². The molecule has 3 aromatic carbocycles. The lowest BCUT2D eigenvalue weighted by Crippen LogP contribution is -2.22. The van der Waals surface area contributed by atoms with E-state index < -0.39 is 5.91 Å². The highest BCUT2D eigenvalue weighted by Crippen LogP contribution is 2.37. The molecule has 0 fully saturated rings. The van der Waals surface area contributed by atoms with Gasteiger partial charge in [-0.2, -0.15) is 5.10 Å². The van der Waals surface area contributed by atoms with Crippen LogP contribution in [0, 0.1) is 5.82 Å². The van der Waals surface area contributed by atoms with Crippen LogP contribution in [0.5, 0.6) is 5.75 Å². The van der Waals surface area contributed by atoms with Crippen molar-refractivity contribution < 1.29 is 19.5 Å². The number of carbonyl (C=O) groups excluding carboxylic acids is 1. The van der Waals surface area contributed by atoms with Gasteiger partial charge in [0, 0.05) is 35.3 Å². The van der Waals surface area contributed by atoms with Gasteiger partial charge >= 0.3 is 0 Å². The summed E-state index contributed by atoms with van der Waals surface area (Å²) in [6.07, 6.45) is 0. The largest absolute Gasteiger partial charge is 0.507 e. The Labute approximate surface area is 195 Å². The third-order valence-corrected chi connectivity index (χ3v) is 6.13. The van der Waals surface area contributed by atoms with Crippen molar-refractivity contribution in [2.45, 2.75) is 19.6 Å². The summed E-state index contributed by atoms with van der Waals surface area (Å²) in [7, 11) is 1.98. The van der Waals surface area contributed by atoms with Crippen molar-refractivity contribution in [1.82, 2.24) is 20.2 Å². The lowest BCUT2D eigenvalue weighted by atomic mass is 9.94. The number of nitrogens with zero attached hydrogens (tertiary/aromatic N) is 3. The van der Waals surface area contributed by atoms with Crippen LogP contribution in [0.3, 0.4) is 0 Å². The first-order valence-corrected chi connectivity index (χ1v) is 10.8. The molecule has 0 unspecified atom stereocenters. The summed E-state index contributed by atoms with van der Waals surface area (Å²) < 4.78 is 16.6. The number of fused-ring (bicyclic) bond motifs is 1. The van der Waals surface area contributed by atoms with Crippen molar-refractivity contribution in [3.63, 3.8) is 0 Å². The zero-order valence-electron chi connectivity index (χ0n) is 18.5. The maximum atomic E-state index is 14.9. The van der Waals surface area contributed by atoms with Crippen molar-refractivity contribution in [3.8, 4) is 28.1 Å². The Morgan fingerprint density at radius 3 is 2.44 bits per heavy atom. The van der Waals surface area contributed by atoms with Gasteiger partial charge < -0.3 is 5.11 Å². The SMILES string of the molecule is CN1Cc2nn(Cc3c(C(=O)NO)cccc3-c3ccccc3O)c(-c3ccccc3F)c2C1. The number of phenols is 1. The molecule has 1 aliphatic heterocycles. The molecule has 4 aromatic rings. The predicted molar refractivity (Wildman–Crippen MR) is 125 cm³/mol. The van der Waals surface area contributed by atoms with E-state index in [1.54, 1.807) is 70.8 Å². The molecule has 1 aliphatic rings. The van der Waals surface area contributed by atoms with E-state index in [9.17, 15) is 19.5 Å². The van der Waals surface area contributed by atoms with Gasteiger partial charge in [-0.15, -0.1) is 0 Å². The predicted octanol–water partition coefficient (Wildman–Crippen LogP) is 4.17. The highest BCUT2D eigenvalue weighted by molar-refractivity contribution is 5.97. The van der Waals surface area contributed by atoms with Crippen molar-refractivity contribution >= 4 is 5.91 Å². The highest BCUT2D eigenvalue weighted by Gasteiger charge is 2.28. The van der Waals surface area contributed by atoms with E-state index in [0.717, 1.165) is 11.3 Å². The molecular formula is C26H23FN4O3. The zero-order chi connectivity index (χ0) is 23.8. The first-order valence-electron chi connectivity index (χ1n) is 10.8. The molecule has 1 amide bonds.